The van der Waals surface area contributed by atoms with Gasteiger partial charge in [0.1, 0.15) is 0 Å². The number of benzene rings is 4. The Balaban J connectivity index is 1.50. The van der Waals surface area contributed by atoms with Crippen molar-refractivity contribution in [2.24, 2.45) is 17.3 Å². The number of nitrogens with zero attached hydrogens (tertiary/aromatic N) is 1. The normalized spacial score (nSPS) is 24.5. The van der Waals surface area contributed by atoms with Gasteiger partial charge in [-0.05, 0) is 76.0 Å². The second-order valence-electron chi connectivity index (χ2n) is 15.3. The first kappa shape index (κ1) is 36.4. The molecule has 6 atom stereocenters. The Morgan fingerprint density at radius 1 is 0.900 bits per heavy atom. The molecule has 50 heavy (non-hydrogen) atoms. The Morgan fingerprint density at radius 3 is 2.00 bits per heavy atom. The first-order valence-corrected chi connectivity index (χ1v) is 20.3. The zero-order valence-corrected chi connectivity index (χ0v) is 32.0. The monoisotopic (exact) mass is 727 g/mol. The summed E-state index contributed by atoms with van der Waals surface area (Å²) < 4.78 is 7.50. The Morgan fingerprint density at radius 2 is 1.50 bits per heavy atom. The minimum Gasteiger partial charge on any atom is -0.481 e. The Hall–Kier alpha value is -3.42. The quantitative estimate of drug-likeness (QED) is 0.157. The maximum absolute atomic E-state index is 15.3. The molecule has 4 aromatic rings. The van der Waals surface area contributed by atoms with Gasteiger partial charge in [0.25, 0.3) is 8.32 Å². The molecule has 1 N–H and O–H groups in total. The van der Waals surface area contributed by atoms with Gasteiger partial charge in [-0.3, -0.25) is 9.59 Å². The van der Waals surface area contributed by atoms with Crippen molar-refractivity contribution in [1.29, 1.82) is 0 Å². The number of rotatable bonds is 11. The molecular formula is C42H47Cl2NO4Si. The van der Waals surface area contributed by atoms with Gasteiger partial charge >= 0.3 is 5.97 Å². The molecular weight excluding hydrogens is 681 g/mol. The van der Waals surface area contributed by atoms with Crippen LogP contribution in [0.5, 0.6) is 0 Å². The summed E-state index contributed by atoms with van der Waals surface area (Å²) in [6.07, 6.45) is 1.66. The molecule has 4 aromatic carbocycles. The lowest BCUT2D eigenvalue weighted by Crippen LogP contribution is -2.68. The fourth-order valence-corrected chi connectivity index (χ4v) is 13.5. The van der Waals surface area contributed by atoms with Crippen LogP contribution >= 0.6 is 23.2 Å². The first-order valence-electron chi connectivity index (χ1n) is 17.6. The minimum atomic E-state index is -2.93. The van der Waals surface area contributed by atoms with E-state index >= 15 is 4.79 Å². The topological polar surface area (TPSA) is 66.8 Å². The van der Waals surface area contributed by atoms with Crippen molar-refractivity contribution in [2.45, 2.75) is 76.9 Å². The van der Waals surface area contributed by atoms with Gasteiger partial charge in [-0.2, -0.15) is 0 Å². The molecule has 1 saturated heterocycles. The number of hydrogen-bond acceptors (Lipinski definition) is 3. The molecule has 2 aliphatic rings. The molecule has 1 amide bonds. The summed E-state index contributed by atoms with van der Waals surface area (Å²) in [6.45, 7) is 11.2. The third-order valence-corrected chi connectivity index (χ3v) is 16.7. The second-order valence-corrected chi connectivity index (χ2v) is 20.5. The molecule has 1 heterocycles. The second kappa shape index (κ2) is 14.3. The summed E-state index contributed by atoms with van der Waals surface area (Å²) in [6, 6.07) is 36.1. The highest BCUT2D eigenvalue weighted by molar-refractivity contribution is 6.99. The Labute approximate surface area is 307 Å². The van der Waals surface area contributed by atoms with Crippen molar-refractivity contribution in [2.75, 3.05) is 6.61 Å². The molecule has 0 aromatic heterocycles. The van der Waals surface area contributed by atoms with E-state index in [-0.39, 0.29) is 34.9 Å². The van der Waals surface area contributed by atoms with Crippen LogP contribution in [-0.2, 0) is 14.0 Å². The maximum atomic E-state index is 15.3. The van der Waals surface area contributed by atoms with Crippen molar-refractivity contribution in [1.82, 2.24) is 4.90 Å². The van der Waals surface area contributed by atoms with Crippen molar-refractivity contribution in [3.05, 3.63) is 130 Å². The van der Waals surface area contributed by atoms with Crippen molar-refractivity contribution < 1.29 is 19.1 Å². The summed E-state index contributed by atoms with van der Waals surface area (Å²) in [7, 11) is -2.93. The number of amides is 1. The van der Waals surface area contributed by atoms with E-state index in [1.54, 1.807) is 0 Å². The lowest BCUT2D eigenvalue weighted by Gasteiger charge is -2.53. The van der Waals surface area contributed by atoms with E-state index < -0.39 is 25.6 Å². The first-order chi connectivity index (χ1) is 23.8. The van der Waals surface area contributed by atoms with Gasteiger partial charge in [0.15, 0.2) is 0 Å². The largest absolute Gasteiger partial charge is 0.481 e. The molecule has 0 radical (unpaired) electrons. The molecule has 0 bridgehead atoms. The van der Waals surface area contributed by atoms with Crippen LogP contribution in [0.15, 0.2) is 109 Å². The van der Waals surface area contributed by atoms with E-state index in [0.717, 1.165) is 11.1 Å². The van der Waals surface area contributed by atoms with Crippen molar-refractivity contribution in [3.8, 4) is 0 Å². The van der Waals surface area contributed by atoms with Gasteiger partial charge in [0.05, 0.1) is 30.0 Å². The van der Waals surface area contributed by atoms with Crippen LogP contribution in [0.4, 0.5) is 0 Å². The van der Waals surface area contributed by atoms with Crippen LogP contribution in [0.25, 0.3) is 0 Å². The van der Waals surface area contributed by atoms with Gasteiger partial charge in [0.2, 0.25) is 5.91 Å². The number of carbonyl (C=O) groups excluding carboxylic acids is 1. The van der Waals surface area contributed by atoms with Crippen LogP contribution in [-0.4, -0.2) is 42.8 Å². The van der Waals surface area contributed by atoms with Gasteiger partial charge in [-0.15, -0.1) is 0 Å². The van der Waals surface area contributed by atoms with E-state index in [2.05, 4.69) is 87.2 Å². The number of aliphatic carboxylic acids is 1. The van der Waals surface area contributed by atoms with Crippen LogP contribution in [0.2, 0.25) is 15.1 Å². The predicted octanol–water partition coefficient (Wildman–Crippen LogP) is 9.13. The van der Waals surface area contributed by atoms with Crippen molar-refractivity contribution in [3.63, 3.8) is 0 Å². The zero-order chi connectivity index (χ0) is 35.8. The summed E-state index contributed by atoms with van der Waals surface area (Å²) in [4.78, 5) is 29.6. The van der Waals surface area contributed by atoms with Crippen molar-refractivity contribution >= 4 is 53.8 Å². The number of likely N-dealkylation sites (tertiary alicyclic amines) is 1. The van der Waals surface area contributed by atoms with Gasteiger partial charge < -0.3 is 14.4 Å². The smallest absolute Gasteiger partial charge is 0.306 e. The SMILES string of the molecule is CC[C@@H](CO[Si](c1ccccc1)(c1ccccc1)C(C)(C)C)N1C(=O)[C@@](C)(C2CC2C(=O)O)C[C@H](c2cccc(Cl)c2)[C@H]1c1ccc(Cl)cc1. The molecule has 2 unspecified atom stereocenters. The third kappa shape index (κ3) is 6.68. The Bertz CT molecular complexity index is 1770. The molecule has 5 nitrogen and oxygen atoms in total. The summed E-state index contributed by atoms with van der Waals surface area (Å²) in [5.41, 5.74) is 1.12. The van der Waals surface area contributed by atoms with Crippen LogP contribution in [0.3, 0.4) is 0 Å². The summed E-state index contributed by atoms with van der Waals surface area (Å²) in [5, 5.41) is 13.4. The van der Waals surface area contributed by atoms with Gasteiger partial charge in [0, 0.05) is 16.0 Å². The Kier molecular flexibility index (Phi) is 10.4. The third-order valence-electron chi connectivity index (χ3n) is 11.2. The average Bonchev–Trinajstić information content (AvgIpc) is 3.92. The van der Waals surface area contributed by atoms with Gasteiger partial charge in [-0.25, -0.2) is 0 Å². The number of carbonyl (C=O) groups is 2. The van der Waals surface area contributed by atoms with Crippen LogP contribution < -0.4 is 10.4 Å². The van der Waals surface area contributed by atoms with E-state index in [1.807, 2.05) is 61.5 Å². The van der Waals surface area contributed by atoms with E-state index in [1.165, 1.54) is 10.4 Å². The highest BCUT2D eigenvalue weighted by Crippen LogP contribution is 2.61. The minimum absolute atomic E-state index is 0.0117. The molecule has 8 heteroatoms. The zero-order valence-electron chi connectivity index (χ0n) is 29.5. The standard InChI is InChI=1S/C42H47Cl2NO4Si/c1-6-32(27-49-50(41(2,3)4,33-16-9-7-10-17-33)34-18-11-8-12-19-34)45-38(28-20-22-30(43)23-21-28)36(29-14-13-15-31(44)24-29)26-42(5,40(45)48)37-25-35(37)39(46)47/h7-24,32,35-38H,6,25-27H2,1-5H3,(H,46,47)/t32-,35?,36+,37?,38+,42+/m0/s1. The fraction of sp³-hybridized carbons (Fsp3) is 0.381. The highest BCUT2D eigenvalue weighted by atomic mass is 35.5. The molecule has 262 valence electrons. The summed E-state index contributed by atoms with van der Waals surface area (Å²) >= 11 is 13.0. The number of hydrogen-bond donors (Lipinski definition) is 1. The van der Waals surface area contributed by atoms with E-state index in [9.17, 15) is 9.90 Å². The molecule has 1 aliphatic heterocycles. The molecule has 2 fully saturated rings. The molecule has 1 aliphatic carbocycles. The highest BCUT2D eigenvalue weighted by Gasteiger charge is 2.63. The number of halogens is 2. The average molecular weight is 729 g/mol. The van der Waals surface area contributed by atoms with Crippen LogP contribution in [0, 0.1) is 17.3 Å². The molecule has 0 spiro atoms. The van der Waals surface area contributed by atoms with Gasteiger partial charge in [-0.1, -0.05) is 143 Å². The summed E-state index contributed by atoms with van der Waals surface area (Å²) in [5.74, 6) is -1.78. The molecule has 1 saturated carbocycles. The maximum Gasteiger partial charge on any atom is 0.306 e. The number of piperidine rings is 1. The predicted molar refractivity (Wildman–Crippen MR) is 205 cm³/mol. The molecule has 6 rings (SSSR count). The van der Waals surface area contributed by atoms with Crippen LogP contribution in [0.1, 0.15) is 77.0 Å². The van der Waals surface area contributed by atoms with E-state index in [4.69, 9.17) is 27.6 Å². The fourth-order valence-electron chi connectivity index (χ4n) is 8.61. The number of carboxylic acids is 1. The number of carboxylic acid groups (broad SMARTS) is 1. The lowest BCUT2D eigenvalue weighted by molar-refractivity contribution is -0.158. The lowest BCUT2D eigenvalue weighted by atomic mass is 9.65. The van der Waals surface area contributed by atoms with E-state index in [0.29, 0.717) is 35.9 Å².